The van der Waals surface area contributed by atoms with E-state index in [0.29, 0.717) is 75.1 Å². The summed E-state index contributed by atoms with van der Waals surface area (Å²) in [5.74, 6) is 2.00. The molecule has 2 heterocycles. The number of nitrogen functional groups attached to an aromatic ring is 1. The zero-order valence-corrected chi connectivity index (χ0v) is 42.5. The van der Waals surface area contributed by atoms with Crippen LogP contribution < -0.4 is 32.3 Å². The van der Waals surface area contributed by atoms with Gasteiger partial charge in [0.2, 0.25) is 23.6 Å². The lowest BCUT2D eigenvalue weighted by atomic mass is 10.0. The molecule has 2 aliphatic heterocycles. The molecule has 390 valence electrons. The van der Waals surface area contributed by atoms with Gasteiger partial charge in [-0.2, -0.15) is 0 Å². The quantitative estimate of drug-likeness (QED) is 0.0268. The molecule has 4 rings (SSSR count). The number of hydrogen-bond acceptors (Lipinski definition) is 19. The first-order valence-electron chi connectivity index (χ1n) is 23.5. The molecule has 2 fully saturated rings. The van der Waals surface area contributed by atoms with Gasteiger partial charge in [0.1, 0.15) is 31.5 Å². The number of ether oxygens (including phenoxy) is 4. The van der Waals surface area contributed by atoms with Crippen LogP contribution in [0.15, 0.2) is 48.5 Å². The molecule has 0 saturated carbocycles. The van der Waals surface area contributed by atoms with Crippen molar-refractivity contribution in [2.24, 2.45) is 0 Å². The summed E-state index contributed by atoms with van der Waals surface area (Å²) in [4.78, 5) is 47.5. The van der Waals surface area contributed by atoms with Gasteiger partial charge >= 0.3 is 0 Å². The van der Waals surface area contributed by atoms with Gasteiger partial charge in [0.25, 0.3) is 0 Å². The Hall–Kier alpha value is -3.04. The number of carbonyl (C=O) groups excluding carboxylic acids is 4. The van der Waals surface area contributed by atoms with Crippen LogP contribution in [0.4, 0.5) is 22.7 Å². The molecule has 19 nitrogen and oxygen atoms in total. The van der Waals surface area contributed by atoms with Crippen LogP contribution in [-0.4, -0.2) is 175 Å². The zero-order valence-electron chi connectivity index (χ0n) is 39.3. The molecule has 2 aromatic carbocycles. The molecule has 2 aliphatic rings. The molecular weight excluding hydrogens is 973 g/mol. The van der Waals surface area contributed by atoms with Gasteiger partial charge in [-0.05, 0) is 74.9 Å². The average molecular weight is 1050 g/mol. The fourth-order valence-corrected chi connectivity index (χ4v) is 12.6. The van der Waals surface area contributed by atoms with Crippen LogP contribution in [0.1, 0.15) is 64.2 Å². The van der Waals surface area contributed by atoms with Gasteiger partial charge in [-0.15, -0.1) is 0 Å². The maximum Gasteiger partial charge on any atom is 0.250 e. The Kier molecular flexibility index (Phi) is 32.9. The molecule has 6 atom stereocenters. The fourth-order valence-electron chi connectivity index (χ4n) is 6.54. The largest absolute Gasteiger partial charge is 0.399 e. The Morgan fingerprint density at radius 3 is 1.58 bits per heavy atom. The highest BCUT2D eigenvalue weighted by Crippen LogP contribution is 2.40. The number of nitrogens with two attached hydrogens (primary N) is 1. The van der Waals surface area contributed by atoms with Gasteiger partial charge in [-0.1, -0.05) is 68.1 Å². The highest BCUT2D eigenvalue weighted by Gasteiger charge is 2.30. The van der Waals surface area contributed by atoms with E-state index in [9.17, 15) is 39.6 Å². The van der Waals surface area contributed by atoms with Gasteiger partial charge in [0.05, 0.1) is 52.4 Å². The van der Waals surface area contributed by atoms with Crippen LogP contribution in [0, 0.1) is 0 Å². The normalized spacial score (nSPS) is 17.2. The zero-order chi connectivity index (χ0) is 49.9. The van der Waals surface area contributed by atoms with E-state index in [2.05, 4.69) is 26.6 Å². The van der Waals surface area contributed by atoms with E-state index in [4.69, 9.17) is 29.8 Å². The number of anilines is 4. The van der Waals surface area contributed by atoms with E-state index in [1.165, 1.54) is 37.2 Å². The first-order chi connectivity index (χ1) is 33.4. The number of unbranched alkanes of at least 4 members (excludes halogenated alkanes) is 2. The molecule has 23 heteroatoms. The molecule has 2 saturated heterocycles. The Morgan fingerprint density at radius 1 is 0.609 bits per heavy atom. The maximum absolute atomic E-state index is 12.1. The topological polar surface area (TPSA) is 293 Å². The minimum absolute atomic E-state index is 0.0368. The van der Waals surface area contributed by atoms with Crippen molar-refractivity contribution >= 4 is 89.6 Å². The molecule has 0 spiro atoms. The summed E-state index contributed by atoms with van der Waals surface area (Å²) in [5.41, 5.74) is 7.90. The van der Waals surface area contributed by atoms with Crippen molar-refractivity contribution in [1.29, 1.82) is 0 Å². The molecule has 4 amide bonds. The van der Waals surface area contributed by atoms with Crippen LogP contribution in [0.25, 0.3) is 0 Å². The number of benzene rings is 2. The number of carbonyl (C=O) groups is 4. The number of hydrogen-bond donors (Lipinski definition) is 11. The van der Waals surface area contributed by atoms with Crippen molar-refractivity contribution in [3.8, 4) is 0 Å². The lowest BCUT2D eigenvalue weighted by Gasteiger charge is -2.26. The Balaban J connectivity index is 0.000000384. The minimum Gasteiger partial charge on any atom is -0.399 e. The molecule has 2 aromatic rings. The first-order valence-corrected chi connectivity index (χ1v) is 28.2. The summed E-state index contributed by atoms with van der Waals surface area (Å²) in [5, 5.41) is 63.3. The monoisotopic (exact) mass is 1050 g/mol. The third kappa shape index (κ3) is 29.2. The maximum atomic E-state index is 12.1. The highest BCUT2D eigenvalue weighted by atomic mass is 33.1. The number of aliphatic hydroxyl groups excluding tert-OH is 5. The van der Waals surface area contributed by atoms with Gasteiger partial charge in [-0.25, -0.2) is 0 Å². The molecule has 0 bridgehead atoms. The lowest BCUT2D eigenvalue weighted by Crippen LogP contribution is -2.48. The van der Waals surface area contributed by atoms with E-state index in [1.54, 1.807) is 48.5 Å². The van der Waals surface area contributed by atoms with Crippen molar-refractivity contribution in [2.75, 3.05) is 112 Å². The van der Waals surface area contributed by atoms with Crippen molar-refractivity contribution in [3.05, 3.63) is 48.5 Å². The lowest BCUT2D eigenvalue weighted by molar-refractivity contribution is -0.122. The predicted molar refractivity (Wildman–Crippen MR) is 277 cm³/mol. The van der Waals surface area contributed by atoms with Crippen molar-refractivity contribution in [2.45, 2.75) is 99.1 Å². The number of nitrogens with one attached hydrogen (secondary N) is 5. The molecule has 0 radical (unpaired) electrons. The summed E-state index contributed by atoms with van der Waals surface area (Å²) in [7, 11) is 7.86. The van der Waals surface area contributed by atoms with E-state index in [-0.39, 0.29) is 56.6 Å². The van der Waals surface area contributed by atoms with Crippen LogP contribution in [-0.2, 0) is 38.1 Å². The highest BCUT2D eigenvalue weighted by molar-refractivity contribution is 8.77. The van der Waals surface area contributed by atoms with E-state index < -0.39 is 31.0 Å². The Morgan fingerprint density at radius 2 is 1.09 bits per heavy atom. The molecule has 69 heavy (non-hydrogen) atoms. The number of aliphatic hydroxyl groups is 5. The third-order valence-electron chi connectivity index (χ3n) is 10.3. The first kappa shape index (κ1) is 60.3. The molecule has 0 aliphatic carbocycles. The van der Waals surface area contributed by atoms with Gasteiger partial charge < -0.3 is 76.8 Å². The smallest absolute Gasteiger partial charge is 0.250 e. The van der Waals surface area contributed by atoms with Crippen molar-refractivity contribution in [3.63, 3.8) is 0 Å². The molecule has 0 aromatic heterocycles. The van der Waals surface area contributed by atoms with Gasteiger partial charge in [-0.3, -0.25) is 19.2 Å². The van der Waals surface area contributed by atoms with E-state index in [1.807, 2.05) is 43.2 Å². The van der Waals surface area contributed by atoms with Gasteiger partial charge in [0, 0.05) is 77.2 Å². The third-order valence-corrected chi connectivity index (χ3v) is 16.3. The van der Waals surface area contributed by atoms with Crippen LogP contribution in [0.2, 0.25) is 0 Å². The van der Waals surface area contributed by atoms with Crippen LogP contribution in [0.3, 0.4) is 0 Å². The van der Waals surface area contributed by atoms with Crippen molar-refractivity contribution in [1.82, 2.24) is 10.6 Å². The van der Waals surface area contributed by atoms with E-state index in [0.717, 1.165) is 36.2 Å². The van der Waals surface area contributed by atoms with Gasteiger partial charge in [0.15, 0.2) is 0 Å². The summed E-state index contributed by atoms with van der Waals surface area (Å²) >= 11 is 0. The predicted octanol–water partition coefficient (Wildman–Crippen LogP) is 3.41. The minimum atomic E-state index is -1.71. The molecule has 4 unspecified atom stereocenters. The summed E-state index contributed by atoms with van der Waals surface area (Å²) in [6, 6.07) is 13.6. The van der Waals surface area contributed by atoms with E-state index >= 15 is 0 Å². The summed E-state index contributed by atoms with van der Waals surface area (Å²) < 4.78 is 21.4. The summed E-state index contributed by atoms with van der Waals surface area (Å²) in [6.45, 7) is 1.78. The standard InChI is InChI=1S/C26H43N3O9S2.C20H31N3O4S2/c30-16-22(32)26(36)25(35)21(31)15-28-18-4-3-5-19(14-18)29-24(34)17-38-12-11-37-10-9-27-23(33)7-2-1-6-20-8-13-39-40-20;21-16-4-3-5-17(14-16)23-20(25)15-27-12-11-26-10-9-22-19(24)7-2-1-6-18-8-13-28-29-18/h3-5,14,20-22,25-26,28,30-32,35-36H,1-2,6-13,15-17H2,(H,27,33)(H,29,34);3-5,14,18H,1-2,6-13,15,21H2,(H,22,24)(H,23,25)/t20?,21?,22?,25-,26+;/m0./s1. The average Bonchev–Trinajstić information content (AvgIpc) is 4.08. The second-order valence-corrected chi connectivity index (χ2v) is 21.7. The second kappa shape index (κ2) is 37.7. The molecular formula is C46H74N6O13S4. The molecule has 12 N–H and O–H groups in total. The number of amides is 4. The SMILES string of the molecule is Nc1cccc(NC(=O)COCCOCCNC(=O)CCCCC2CCSS2)c1.O=C(CCCCC1CCSS1)NCCOCCOCC(=O)Nc1cccc(NCC(O)[C@H](O)[C@H](O)C(O)CO)c1. The fraction of sp³-hybridized carbons (Fsp3) is 0.652. The van der Waals surface area contributed by atoms with Crippen LogP contribution in [0.5, 0.6) is 0 Å². The Labute approximate surface area is 421 Å². The number of rotatable bonds is 35. The summed E-state index contributed by atoms with van der Waals surface area (Å²) in [6.07, 6.45) is 3.75. The van der Waals surface area contributed by atoms with Crippen LogP contribution >= 0.6 is 43.2 Å². The van der Waals surface area contributed by atoms with Crippen molar-refractivity contribution < 1.29 is 63.7 Å². The second-order valence-electron chi connectivity index (χ2n) is 16.2. The Bertz CT molecular complexity index is 1740.